The van der Waals surface area contributed by atoms with Crippen LogP contribution in [0.25, 0.3) is 6.08 Å². The summed E-state index contributed by atoms with van der Waals surface area (Å²) in [5.41, 5.74) is 2.36. The van der Waals surface area contributed by atoms with Crippen molar-refractivity contribution in [1.29, 1.82) is 5.41 Å². The molecule has 1 aliphatic heterocycles. The lowest BCUT2D eigenvalue weighted by atomic mass is 10.1. The third kappa shape index (κ3) is 2.58. The molecule has 1 N–H and O–H groups in total. The minimum Gasteiger partial charge on any atom is -0.311 e. The van der Waals surface area contributed by atoms with Crippen molar-refractivity contribution >= 4 is 40.2 Å². The molecule has 88 valence electrons. The number of hydrogen-bond donors (Lipinski definition) is 1. The van der Waals surface area contributed by atoms with Crippen molar-refractivity contribution in [2.45, 2.75) is 13.8 Å². The molecule has 4 heteroatoms. The highest BCUT2D eigenvalue weighted by atomic mass is 32.2. The Hall–Kier alpha value is -1.13. The van der Waals surface area contributed by atoms with Crippen LogP contribution in [0, 0.1) is 12.3 Å². The van der Waals surface area contributed by atoms with Crippen LogP contribution in [0.4, 0.5) is 0 Å². The van der Waals surface area contributed by atoms with Crippen molar-refractivity contribution in [2.75, 3.05) is 6.54 Å². The summed E-state index contributed by atoms with van der Waals surface area (Å²) >= 11 is 6.74. The fourth-order valence-electron chi connectivity index (χ4n) is 1.62. The normalized spacial score (nSPS) is 18.2. The van der Waals surface area contributed by atoms with E-state index in [4.69, 9.17) is 17.6 Å². The molecule has 1 aromatic rings. The molecule has 0 amide bonds. The summed E-state index contributed by atoms with van der Waals surface area (Å²) in [6.07, 6.45) is 2.02. The lowest BCUT2D eigenvalue weighted by molar-refractivity contribution is 0.669. The molecule has 0 aliphatic carbocycles. The lowest BCUT2D eigenvalue weighted by Crippen LogP contribution is -2.26. The Labute approximate surface area is 111 Å². The summed E-state index contributed by atoms with van der Waals surface area (Å²) < 4.78 is 0.774. The Bertz CT molecular complexity index is 489. The van der Waals surface area contributed by atoms with E-state index in [1.165, 1.54) is 17.3 Å². The molecule has 1 fully saturated rings. The monoisotopic (exact) mass is 262 g/mol. The van der Waals surface area contributed by atoms with Crippen LogP contribution in [0.15, 0.2) is 29.2 Å². The van der Waals surface area contributed by atoms with Crippen LogP contribution in [0.2, 0.25) is 0 Å². The van der Waals surface area contributed by atoms with E-state index < -0.39 is 0 Å². The van der Waals surface area contributed by atoms with E-state index in [-0.39, 0.29) is 0 Å². The first kappa shape index (κ1) is 12.3. The van der Waals surface area contributed by atoms with Crippen LogP contribution in [0.1, 0.15) is 18.1 Å². The number of amidine groups is 1. The van der Waals surface area contributed by atoms with E-state index in [1.54, 1.807) is 0 Å². The van der Waals surface area contributed by atoms with Crippen LogP contribution in [-0.2, 0) is 0 Å². The van der Waals surface area contributed by atoms with Gasteiger partial charge in [0.2, 0.25) is 0 Å². The number of hydrogen-bond acceptors (Lipinski definition) is 3. The van der Waals surface area contributed by atoms with E-state index in [0.717, 1.165) is 21.3 Å². The first-order chi connectivity index (χ1) is 8.11. The fraction of sp³-hybridized carbons (Fsp3) is 0.231. The minimum absolute atomic E-state index is 0.517. The maximum Gasteiger partial charge on any atom is 0.146 e. The summed E-state index contributed by atoms with van der Waals surface area (Å²) in [4.78, 5) is 2.78. The summed E-state index contributed by atoms with van der Waals surface area (Å²) in [7, 11) is 0. The molecule has 2 rings (SSSR count). The summed E-state index contributed by atoms with van der Waals surface area (Å²) in [5, 5.41) is 8.03. The predicted octanol–water partition coefficient (Wildman–Crippen LogP) is 3.67. The zero-order chi connectivity index (χ0) is 12.4. The molecule has 0 spiro atoms. The Morgan fingerprint density at radius 3 is 2.53 bits per heavy atom. The number of nitrogens with one attached hydrogen (secondary N) is 1. The first-order valence-electron chi connectivity index (χ1n) is 5.48. The number of benzene rings is 1. The maximum atomic E-state index is 8.03. The van der Waals surface area contributed by atoms with Gasteiger partial charge in [0.1, 0.15) is 10.2 Å². The van der Waals surface area contributed by atoms with Gasteiger partial charge in [-0.25, -0.2) is 0 Å². The summed E-state index contributed by atoms with van der Waals surface area (Å²) in [6.45, 7) is 4.84. The zero-order valence-corrected chi connectivity index (χ0v) is 11.5. The molecule has 1 saturated heterocycles. The molecule has 0 saturated carbocycles. The summed E-state index contributed by atoms with van der Waals surface area (Å²) in [6, 6.07) is 8.28. The van der Waals surface area contributed by atoms with E-state index in [1.807, 2.05) is 17.9 Å². The molecular formula is C13H14N2S2. The Balaban J connectivity index is 2.27. The van der Waals surface area contributed by atoms with Gasteiger partial charge in [-0.05, 0) is 25.5 Å². The summed E-state index contributed by atoms with van der Waals surface area (Å²) in [5.74, 6) is 0.517. The van der Waals surface area contributed by atoms with Gasteiger partial charge in [-0.3, -0.25) is 5.41 Å². The average molecular weight is 262 g/mol. The molecule has 0 radical (unpaired) electrons. The van der Waals surface area contributed by atoms with Crippen LogP contribution in [0.5, 0.6) is 0 Å². The average Bonchev–Trinajstić information content (AvgIpc) is 2.57. The Morgan fingerprint density at radius 1 is 1.35 bits per heavy atom. The number of rotatable bonds is 2. The first-order valence-corrected chi connectivity index (χ1v) is 6.71. The van der Waals surface area contributed by atoms with Crippen molar-refractivity contribution in [3.63, 3.8) is 0 Å². The molecule has 1 aromatic carbocycles. The van der Waals surface area contributed by atoms with Crippen molar-refractivity contribution in [2.24, 2.45) is 0 Å². The van der Waals surface area contributed by atoms with Gasteiger partial charge in [0.05, 0.1) is 4.91 Å². The SMILES string of the molecule is CCN1C(=N)/C(=C/c2ccc(C)cc2)SC1=S. The van der Waals surface area contributed by atoms with E-state index >= 15 is 0 Å². The minimum atomic E-state index is 0.517. The second-order valence-electron chi connectivity index (χ2n) is 3.88. The van der Waals surface area contributed by atoms with E-state index in [0.29, 0.717) is 5.84 Å². The van der Waals surface area contributed by atoms with Crippen molar-refractivity contribution < 1.29 is 0 Å². The smallest absolute Gasteiger partial charge is 0.146 e. The molecule has 1 heterocycles. The van der Waals surface area contributed by atoms with E-state index in [9.17, 15) is 0 Å². The van der Waals surface area contributed by atoms with Crippen LogP contribution in [-0.4, -0.2) is 21.6 Å². The Kier molecular flexibility index (Phi) is 3.64. The van der Waals surface area contributed by atoms with Gasteiger partial charge in [-0.15, -0.1) is 0 Å². The van der Waals surface area contributed by atoms with Crippen LogP contribution < -0.4 is 0 Å². The molecule has 0 unspecified atom stereocenters. The van der Waals surface area contributed by atoms with Gasteiger partial charge in [-0.2, -0.15) is 0 Å². The molecule has 2 nitrogen and oxygen atoms in total. The third-order valence-electron chi connectivity index (χ3n) is 2.61. The van der Waals surface area contributed by atoms with Gasteiger partial charge >= 0.3 is 0 Å². The van der Waals surface area contributed by atoms with Crippen LogP contribution in [0.3, 0.4) is 0 Å². The van der Waals surface area contributed by atoms with Gasteiger partial charge in [0.25, 0.3) is 0 Å². The fourth-order valence-corrected chi connectivity index (χ4v) is 3.03. The molecule has 0 atom stereocenters. The number of thioether (sulfide) groups is 1. The number of nitrogens with zero attached hydrogens (tertiary/aromatic N) is 1. The van der Waals surface area contributed by atoms with Crippen molar-refractivity contribution in [1.82, 2.24) is 4.90 Å². The van der Waals surface area contributed by atoms with Gasteiger partial charge < -0.3 is 4.90 Å². The van der Waals surface area contributed by atoms with Gasteiger partial charge in [0.15, 0.2) is 0 Å². The van der Waals surface area contributed by atoms with Crippen molar-refractivity contribution in [3.8, 4) is 0 Å². The molecule has 0 aromatic heterocycles. The third-order valence-corrected chi connectivity index (χ3v) is 4.01. The second kappa shape index (κ2) is 5.02. The highest BCUT2D eigenvalue weighted by Gasteiger charge is 2.26. The molecule has 0 bridgehead atoms. The topological polar surface area (TPSA) is 27.1 Å². The van der Waals surface area contributed by atoms with E-state index in [2.05, 4.69) is 31.2 Å². The maximum absolute atomic E-state index is 8.03. The van der Waals surface area contributed by atoms with Crippen molar-refractivity contribution in [3.05, 3.63) is 40.3 Å². The van der Waals surface area contributed by atoms with Crippen LogP contribution >= 0.6 is 24.0 Å². The van der Waals surface area contributed by atoms with Gasteiger partial charge in [0, 0.05) is 6.54 Å². The predicted molar refractivity (Wildman–Crippen MR) is 79.5 cm³/mol. The lowest BCUT2D eigenvalue weighted by Gasteiger charge is -2.12. The number of aryl methyl sites for hydroxylation is 1. The standard InChI is InChI=1S/C13H14N2S2/c1-3-15-12(14)11(17-13(15)16)8-10-6-4-9(2)5-7-10/h4-8,14H,3H2,1-2H3/b11-8-,14-12?. The molecular weight excluding hydrogens is 248 g/mol. The second-order valence-corrected chi connectivity index (χ2v) is 5.56. The molecule has 17 heavy (non-hydrogen) atoms. The number of thiocarbonyl (C=S) groups is 1. The quantitative estimate of drug-likeness (QED) is 0.824. The molecule has 1 aliphatic rings. The Morgan fingerprint density at radius 2 is 2.00 bits per heavy atom. The highest BCUT2D eigenvalue weighted by Crippen LogP contribution is 2.32. The number of likely N-dealkylation sites (N-methyl/N-ethyl adjacent to an activating group) is 1. The van der Waals surface area contributed by atoms with Gasteiger partial charge in [-0.1, -0.05) is 53.8 Å². The zero-order valence-electron chi connectivity index (χ0n) is 9.86. The highest BCUT2D eigenvalue weighted by molar-refractivity contribution is 8.26. The largest absolute Gasteiger partial charge is 0.311 e.